The van der Waals surface area contributed by atoms with Gasteiger partial charge in [0.25, 0.3) is 0 Å². The Bertz CT molecular complexity index is 112. The van der Waals surface area contributed by atoms with Gasteiger partial charge >= 0.3 is 0 Å². The topological polar surface area (TPSA) is 38.0 Å². The highest BCUT2D eigenvalue weighted by Gasteiger charge is 1.92. The van der Waals surface area contributed by atoms with Crippen molar-refractivity contribution in [1.82, 2.24) is 5.32 Å². The normalized spacial score (nSPS) is 10.9. The van der Waals surface area contributed by atoms with Gasteiger partial charge in [0.05, 0.1) is 0 Å². The molecule has 0 aromatic rings. The van der Waals surface area contributed by atoms with Gasteiger partial charge in [-0.05, 0) is 32.5 Å². The Morgan fingerprint density at radius 1 is 0.647 bits per heavy atom. The van der Waals surface area contributed by atoms with Crippen molar-refractivity contribution < 1.29 is 0 Å². The molecule has 0 heterocycles. The molecule has 0 aliphatic carbocycles. The van der Waals surface area contributed by atoms with Crippen molar-refractivity contribution in [2.45, 2.75) is 77.6 Å². The van der Waals surface area contributed by atoms with Crippen LogP contribution in [0.4, 0.5) is 0 Å². The average molecular weight is 242 g/mol. The minimum absolute atomic E-state index is 0.811. The van der Waals surface area contributed by atoms with Crippen LogP contribution in [0.2, 0.25) is 0 Å². The van der Waals surface area contributed by atoms with Crippen molar-refractivity contribution in [2.75, 3.05) is 19.6 Å². The minimum Gasteiger partial charge on any atom is -0.330 e. The second kappa shape index (κ2) is 15.9. The summed E-state index contributed by atoms with van der Waals surface area (Å²) in [5.74, 6) is 0. The monoisotopic (exact) mass is 242 g/mol. The first-order valence-corrected chi connectivity index (χ1v) is 7.82. The summed E-state index contributed by atoms with van der Waals surface area (Å²) in [6, 6.07) is 0. The van der Waals surface area contributed by atoms with Gasteiger partial charge in [-0.1, -0.05) is 64.7 Å². The van der Waals surface area contributed by atoms with Gasteiger partial charge < -0.3 is 11.1 Å². The van der Waals surface area contributed by atoms with Crippen LogP contribution in [0.5, 0.6) is 0 Å². The molecule has 0 spiro atoms. The molecule has 0 fully saturated rings. The zero-order valence-corrected chi connectivity index (χ0v) is 12.0. The molecule has 0 saturated carbocycles. The number of hydrogen-bond acceptors (Lipinski definition) is 2. The summed E-state index contributed by atoms with van der Waals surface area (Å²) in [6.07, 6.45) is 15.3. The molecule has 0 aromatic carbocycles. The molecule has 0 amide bonds. The quantitative estimate of drug-likeness (QED) is 0.454. The summed E-state index contributed by atoms with van der Waals surface area (Å²) in [4.78, 5) is 0. The Morgan fingerprint density at radius 2 is 1.12 bits per heavy atom. The van der Waals surface area contributed by atoms with E-state index in [2.05, 4.69) is 12.2 Å². The lowest BCUT2D eigenvalue weighted by molar-refractivity contribution is 0.541. The summed E-state index contributed by atoms with van der Waals surface area (Å²) in [6.45, 7) is 5.36. The number of unbranched alkanes of at least 4 members (excludes halogenated alkanes) is 9. The van der Waals surface area contributed by atoms with E-state index in [1.165, 1.54) is 70.8 Å². The van der Waals surface area contributed by atoms with Crippen LogP contribution in [0.1, 0.15) is 77.6 Å². The molecule has 0 unspecified atom stereocenters. The average Bonchev–Trinajstić information content (AvgIpc) is 2.35. The molecule has 2 heteroatoms. The van der Waals surface area contributed by atoms with Crippen molar-refractivity contribution in [2.24, 2.45) is 5.73 Å². The van der Waals surface area contributed by atoms with Crippen LogP contribution in [0.3, 0.4) is 0 Å². The summed E-state index contributed by atoms with van der Waals surface area (Å²) < 4.78 is 0. The second-order valence-corrected chi connectivity index (χ2v) is 5.07. The lowest BCUT2D eigenvalue weighted by atomic mass is 10.1. The molecule has 104 valence electrons. The number of nitrogens with two attached hydrogens (primary N) is 1. The molecule has 0 bridgehead atoms. The van der Waals surface area contributed by atoms with E-state index < -0.39 is 0 Å². The van der Waals surface area contributed by atoms with Crippen molar-refractivity contribution >= 4 is 0 Å². The fraction of sp³-hybridized carbons (Fsp3) is 1.00. The van der Waals surface area contributed by atoms with Gasteiger partial charge in [0.15, 0.2) is 0 Å². The predicted molar refractivity (Wildman–Crippen MR) is 78.4 cm³/mol. The number of hydrogen-bond donors (Lipinski definition) is 2. The van der Waals surface area contributed by atoms with E-state index in [1.807, 2.05) is 0 Å². The highest BCUT2D eigenvalue weighted by molar-refractivity contribution is 4.51. The van der Waals surface area contributed by atoms with E-state index in [0.29, 0.717) is 0 Å². The lowest BCUT2D eigenvalue weighted by Gasteiger charge is -2.04. The molecule has 17 heavy (non-hydrogen) atoms. The molecular formula is C15H34N2. The molecule has 0 atom stereocenters. The first-order valence-electron chi connectivity index (χ1n) is 7.82. The standard InChI is InChI=1S/C15H34N2/c1-2-3-4-5-6-7-8-9-10-11-14-17-15-12-13-16/h17H,2-16H2,1H3. The van der Waals surface area contributed by atoms with E-state index in [9.17, 15) is 0 Å². The molecule has 0 aliphatic rings. The summed E-state index contributed by atoms with van der Waals surface area (Å²) in [7, 11) is 0. The zero-order chi connectivity index (χ0) is 12.6. The lowest BCUT2D eigenvalue weighted by Crippen LogP contribution is -2.19. The van der Waals surface area contributed by atoms with Crippen LogP contribution < -0.4 is 11.1 Å². The third-order valence-corrected chi connectivity index (χ3v) is 3.26. The van der Waals surface area contributed by atoms with Gasteiger partial charge in [-0.2, -0.15) is 0 Å². The van der Waals surface area contributed by atoms with E-state index in [4.69, 9.17) is 5.73 Å². The highest BCUT2D eigenvalue weighted by atomic mass is 14.8. The largest absolute Gasteiger partial charge is 0.330 e. The third kappa shape index (κ3) is 15.9. The van der Waals surface area contributed by atoms with Crippen LogP contribution in [-0.2, 0) is 0 Å². The first-order chi connectivity index (χ1) is 8.41. The van der Waals surface area contributed by atoms with Crippen molar-refractivity contribution in [1.29, 1.82) is 0 Å². The maximum Gasteiger partial charge on any atom is -0.00369 e. The van der Waals surface area contributed by atoms with E-state index in [-0.39, 0.29) is 0 Å². The Balaban J connectivity index is 2.85. The highest BCUT2D eigenvalue weighted by Crippen LogP contribution is 2.10. The molecule has 0 radical (unpaired) electrons. The van der Waals surface area contributed by atoms with Crippen LogP contribution in [0, 0.1) is 0 Å². The summed E-state index contributed by atoms with van der Waals surface area (Å²) >= 11 is 0. The van der Waals surface area contributed by atoms with E-state index in [1.54, 1.807) is 0 Å². The van der Waals surface area contributed by atoms with E-state index >= 15 is 0 Å². The van der Waals surface area contributed by atoms with Gasteiger partial charge in [-0.25, -0.2) is 0 Å². The van der Waals surface area contributed by atoms with Gasteiger partial charge in [0.2, 0.25) is 0 Å². The summed E-state index contributed by atoms with van der Waals surface area (Å²) in [5.41, 5.74) is 5.43. The van der Waals surface area contributed by atoms with Gasteiger partial charge in [0.1, 0.15) is 0 Å². The van der Waals surface area contributed by atoms with Crippen LogP contribution >= 0.6 is 0 Å². The van der Waals surface area contributed by atoms with Crippen molar-refractivity contribution in [3.63, 3.8) is 0 Å². The Morgan fingerprint density at radius 3 is 1.65 bits per heavy atom. The molecule has 0 aliphatic heterocycles. The third-order valence-electron chi connectivity index (χ3n) is 3.26. The maximum atomic E-state index is 5.43. The summed E-state index contributed by atoms with van der Waals surface area (Å²) in [5, 5.41) is 3.43. The molecule has 2 nitrogen and oxygen atoms in total. The van der Waals surface area contributed by atoms with Crippen molar-refractivity contribution in [3.05, 3.63) is 0 Å². The second-order valence-electron chi connectivity index (χ2n) is 5.07. The SMILES string of the molecule is CCCCCCCCCCCCNCCCN. The molecular weight excluding hydrogens is 208 g/mol. The predicted octanol–water partition coefficient (Wildman–Crippen LogP) is 3.85. The van der Waals surface area contributed by atoms with Gasteiger partial charge in [0, 0.05) is 0 Å². The smallest absolute Gasteiger partial charge is 0.00369 e. The number of nitrogens with one attached hydrogen (secondary N) is 1. The zero-order valence-electron chi connectivity index (χ0n) is 12.0. The number of rotatable bonds is 14. The molecule has 0 rings (SSSR count). The van der Waals surface area contributed by atoms with Crippen LogP contribution in [-0.4, -0.2) is 19.6 Å². The maximum absolute atomic E-state index is 5.43. The minimum atomic E-state index is 0.811. The van der Waals surface area contributed by atoms with Crippen molar-refractivity contribution in [3.8, 4) is 0 Å². The van der Waals surface area contributed by atoms with Gasteiger partial charge in [-0.15, -0.1) is 0 Å². The molecule has 0 saturated heterocycles. The van der Waals surface area contributed by atoms with E-state index in [0.717, 1.165) is 19.5 Å². The molecule has 3 N–H and O–H groups in total. The van der Waals surface area contributed by atoms with Gasteiger partial charge in [-0.3, -0.25) is 0 Å². The Hall–Kier alpha value is -0.0800. The fourth-order valence-electron chi connectivity index (χ4n) is 2.09. The fourth-order valence-corrected chi connectivity index (χ4v) is 2.09. The van der Waals surface area contributed by atoms with Crippen LogP contribution in [0.15, 0.2) is 0 Å². The molecule has 0 aromatic heterocycles. The first kappa shape index (κ1) is 16.9. The Labute approximate surface area is 109 Å². The Kier molecular flexibility index (Phi) is 15.8. The van der Waals surface area contributed by atoms with Crippen LogP contribution in [0.25, 0.3) is 0 Å².